The Balaban J connectivity index is 1.32. The Morgan fingerprint density at radius 2 is 1.29 bits per heavy atom. The zero-order valence-corrected chi connectivity index (χ0v) is 22.4. The number of nitrogens with zero attached hydrogens (tertiary/aromatic N) is 2. The van der Waals surface area contributed by atoms with Gasteiger partial charge in [-0.15, -0.1) is 13.2 Å². The second kappa shape index (κ2) is 12.2. The van der Waals surface area contributed by atoms with Gasteiger partial charge < -0.3 is 9.47 Å². The van der Waals surface area contributed by atoms with E-state index in [0.29, 0.717) is 36.3 Å². The van der Waals surface area contributed by atoms with E-state index in [0.717, 1.165) is 35.4 Å². The Labute approximate surface area is 229 Å². The summed E-state index contributed by atoms with van der Waals surface area (Å²) in [4.78, 5) is 2.02. The first-order chi connectivity index (χ1) is 18.0. The first kappa shape index (κ1) is 28.7. The number of benzene rings is 3. The van der Waals surface area contributed by atoms with Gasteiger partial charge in [0.1, 0.15) is 11.9 Å². The summed E-state index contributed by atoms with van der Waals surface area (Å²) in [6.45, 7) is 2.48. The normalized spacial score (nSPS) is 15.6. The molecule has 0 radical (unpaired) electrons. The Hall–Kier alpha value is -2.34. The Morgan fingerprint density at radius 3 is 1.76 bits per heavy atom. The molecule has 4 rings (SSSR count). The predicted molar refractivity (Wildman–Crippen MR) is 139 cm³/mol. The molecule has 0 aliphatic carbocycles. The Kier molecular flexibility index (Phi) is 9.23. The first-order valence-corrected chi connectivity index (χ1v) is 13.9. The van der Waals surface area contributed by atoms with Crippen LogP contribution < -0.4 is 4.74 Å². The molecule has 0 spiro atoms. The molecular formula is C26H25Cl2F3N2O4S. The maximum atomic E-state index is 13.0. The van der Waals surface area contributed by atoms with Gasteiger partial charge in [-0.05, 0) is 59.7 Å². The van der Waals surface area contributed by atoms with Crippen LogP contribution in [0.25, 0.3) is 0 Å². The number of sulfonamides is 1. The van der Waals surface area contributed by atoms with Gasteiger partial charge in [0.2, 0.25) is 10.0 Å². The van der Waals surface area contributed by atoms with Crippen molar-refractivity contribution in [1.29, 1.82) is 0 Å². The van der Waals surface area contributed by atoms with Gasteiger partial charge in [-0.3, -0.25) is 4.90 Å². The summed E-state index contributed by atoms with van der Waals surface area (Å²) in [6.07, 6.45) is -5.17. The van der Waals surface area contributed by atoms with Crippen molar-refractivity contribution < 1.29 is 31.1 Å². The van der Waals surface area contributed by atoms with Crippen molar-refractivity contribution in [3.05, 3.63) is 94.0 Å². The van der Waals surface area contributed by atoms with Crippen molar-refractivity contribution in [2.45, 2.75) is 17.4 Å². The minimum absolute atomic E-state index is 0.0856. The van der Waals surface area contributed by atoms with Crippen LogP contribution in [-0.4, -0.2) is 63.3 Å². The third-order valence-corrected chi connectivity index (χ3v) is 8.48. The first-order valence-electron chi connectivity index (χ1n) is 11.7. The van der Waals surface area contributed by atoms with Gasteiger partial charge in [0.25, 0.3) is 0 Å². The number of piperazine rings is 1. The summed E-state index contributed by atoms with van der Waals surface area (Å²) in [6, 6.07) is 19.1. The van der Waals surface area contributed by atoms with Crippen LogP contribution in [-0.2, 0) is 14.8 Å². The third kappa shape index (κ3) is 7.62. The van der Waals surface area contributed by atoms with Gasteiger partial charge in [0, 0.05) is 42.8 Å². The molecular weight excluding hydrogens is 564 g/mol. The molecule has 3 aromatic rings. The van der Waals surface area contributed by atoms with Crippen molar-refractivity contribution in [2.75, 3.05) is 39.3 Å². The average molecular weight is 589 g/mol. The Morgan fingerprint density at radius 1 is 0.789 bits per heavy atom. The summed E-state index contributed by atoms with van der Waals surface area (Å²) in [5, 5.41) is 1.25. The minimum Gasteiger partial charge on any atom is -0.406 e. The van der Waals surface area contributed by atoms with Gasteiger partial charge >= 0.3 is 6.36 Å². The van der Waals surface area contributed by atoms with Crippen molar-refractivity contribution in [3.63, 3.8) is 0 Å². The molecule has 0 N–H and O–H groups in total. The van der Waals surface area contributed by atoms with Crippen molar-refractivity contribution >= 4 is 33.2 Å². The van der Waals surface area contributed by atoms with Crippen LogP contribution >= 0.6 is 23.2 Å². The van der Waals surface area contributed by atoms with Crippen molar-refractivity contribution in [2.24, 2.45) is 0 Å². The molecule has 1 saturated heterocycles. The maximum Gasteiger partial charge on any atom is 0.573 e. The van der Waals surface area contributed by atoms with Gasteiger partial charge in [-0.25, -0.2) is 8.42 Å². The molecule has 1 fully saturated rings. The highest BCUT2D eigenvalue weighted by Gasteiger charge is 2.32. The molecule has 0 bridgehead atoms. The predicted octanol–water partition coefficient (Wildman–Crippen LogP) is 6.00. The van der Waals surface area contributed by atoms with E-state index in [9.17, 15) is 21.6 Å². The van der Waals surface area contributed by atoms with Crippen molar-refractivity contribution in [1.82, 2.24) is 9.21 Å². The Bertz CT molecular complexity index is 1250. The van der Waals surface area contributed by atoms with E-state index >= 15 is 0 Å². The largest absolute Gasteiger partial charge is 0.573 e. The van der Waals surface area contributed by atoms with Gasteiger partial charge in [0.15, 0.2) is 0 Å². The van der Waals surface area contributed by atoms with E-state index in [1.165, 1.54) is 4.31 Å². The number of halogens is 5. The molecule has 0 unspecified atom stereocenters. The van der Waals surface area contributed by atoms with E-state index < -0.39 is 22.1 Å². The van der Waals surface area contributed by atoms with Crippen LogP contribution in [0.3, 0.4) is 0 Å². The monoisotopic (exact) mass is 588 g/mol. The molecule has 1 aliphatic heterocycles. The molecule has 0 aromatic heterocycles. The molecule has 6 nitrogen and oxygen atoms in total. The minimum atomic E-state index is -4.84. The highest BCUT2D eigenvalue weighted by atomic mass is 35.5. The molecule has 12 heteroatoms. The molecule has 204 valence electrons. The number of hydrogen-bond acceptors (Lipinski definition) is 5. The van der Waals surface area contributed by atoms with Gasteiger partial charge in [-0.2, -0.15) is 4.31 Å². The third-order valence-electron chi connectivity index (χ3n) is 6.06. The van der Waals surface area contributed by atoms with E-state index in [1.54, 1.807) is 24.3 Å². The topological polar surface area (TPSA) is 59.1 Å². The van der Waals surface area contributed by atoms with Gasteiger partial charge in [0.05, 0.1) is 11.5 Å². The summed E-state index contributed by atoms with van der Waals surface area (Å²) < 4.78 is 74.4. The van der Waals surface area contributed by atoms with Crippen LogP contribution in [0, 0.1) is 0 Å². The molecule has 38 heavy (non-hydrogen) atoms. The summed E-state index contributed by atoms with van der Waals surface area (Å²) >= 11 is 12.1. The lowest BCUT2D eigenvalue weighted by atomic mass is 10.0. The van der Waals surface area contributed by atoms with E-state index in [-0.39, 0.29) is 24.1 Å². The number of ether oxygens (including phenoxy) is 2. The zero-order valence-electron chi connectivity index (χ0n) is 20.1. The summed E-state index contributed by atoms with van der Waals surface area (Å²) in [5.74, 6) is -0.475. The fraction of sp³-hybridized carbons (Fsp3) is 0.308. The average Bonchev–Trinajstić information content (AvgIpc) is 2.88. The molecule has 0 atom stereocenters. The van der Waals surface area contributed by atoms with Crippen LogP contribution in [0.15, 0.2) is 77.7 Å². The quantitative estimate of drug-likeness (QED) is 0.306. The smallest absolute Gasteiger partial charge is 0.406 e. The zero-order chi connectivity index (χ0) is 27.3. The standard InChI is InChI=1S/C26H25Cl2F3N2O4S/c27-21-5-1-19(2-6-21)25(20-3-7-22(28)8-4-20)36-18-17-32-13-15-33(16-14-32)38(34,35)24-11-9-23(10-12-24)37-26(29,30)31/h1-12,25H,13-18H2. The molecule has 0 saturated carbocycles. The summed E-state index contributed by atoms with van der Waals surface area (Å²) in [7, 11) is -3.84. The van der Waals surface area contributed by atoms with Crippen molar-refractivity contribution in [3.8, 4) is 5.75 Å². The van der Waals surface area contributed by atoms with Crippen LogP contribution in [0.4, 0.5) is 13.2 Å². The molecule has 1 aliphatic rings. The second-order valence-electron chi connectivity index (χ2n) is 8.62. The summed E-state index contributed by atoms with van der Waals surface area (Å²) in [5.41, 5.74) is 1.89. The van der Waals surface area contributed by atoms with Crippen LogP contribution in [0.5, 0.6) is 5.75 Å². The highest BCUT2D eigenvalue weighted by molar-refractivity contribution is 7.89. The lowest BCUT2D eigenvalue weighted by molar-refractivity contribution is -0.274. The number of rotatable bonds is 9. The molecule has 3 aromatic carbocycles. The highest BCUT2D eigenvalue weighted by Crippen LogP contribution is 2.29. The number of alkyl halides is 3. The number of hydrogen-bond donors (Lipinski definition) is 0. The lowest BCUT2D eigenvalue weighted by Gasteiger charge is -2.34. The second-order valence-corrected chi connectivity index (χ2v) is 11.4. The fourth-order valence-corrected chi connectivity index (χ4v) is 5.79. The molecule has 0 amide bonds. The maximum absolute atomic E-state index is 13.0. The van der Waals surface area contributed by atoms with Crippen LogP contribution in [0.1, 0.15) is 17.2 Å². The molecule has 1 heterocycles. The van der Waals surface area contributed by atoms with Gasteiger partial charge in [-0.1, -0.05) is 47.5 Å². The van der Waals surface area contributed by atoms with E-state index in [2.05, 4.69) is 9.64 Å². The SMILES string of the molecule is O=S(=O)(c1ccc(OC(F)(F)F)cc1)N1CCN(CCOC(c2ccc(Cl)cc2)c2ccc(Cl)cc2)CC1. The fourth-order valence-electron chi connectivity index (χ4n) is 4.12. The lowest BCUT2D eigenvalue weighted by Crippen LogP contribution is -2.49. The van der Waals surface area contributed by atoms with E-state index in [1.807, 2.05) is 24.3 Å². The van der Waals surface area contributed by atoms with E-state index in [4.69, 9.17) is 27.9 Å². The van der Waals surface area contributed by atoms with Crippen LogP contribution in [0.2, 0.25) is 10.0 Å².